The van der Waals surface area contributed by atoms with Gasteiger partial charge in [-0.05, 0) is 50.1 Å². The van der Waals surface area contributed by atoms with Crippen LogP contribution in [-0.4, -0.2) is 17.1 Å². The fourth-order valence-corrected chi connectivity index (χ4v) is 4.88. The number of benzene rings is 3. The zero-order chi connectivity index (χ0) is 23.4. The number of nitrogens with zero attached hydrogens (tertiary/aromatic N) is 2. The number of nitrogens with one attached hydrogen (secondary N) is 1. The lowest BCUT2D eigenvalue weighted by Gasteiger charge is -2.18. The first-order valence-electron chi connectivity index (χ1n) is 10.6. The van der Waals surface area contributed by atoms with Gasteiger partial charge < -0.3 is 5.32 Å². The van der Waals surface area contributed by atoms with Gasteiger partial charge in [-0.25, -0.2) is 0 Å². The minimum atomic E-state index is -0.534. The third kappa shape index (κ3) is 5.00. The number of carbonyl (C=O) groups excluding carboxylic acids is 2. The van der Waals surface area contributed by atoms with Gasteiger partial charge in [0.05, 0.1) is 5.25 Å². The highest BCUT2D eigenvalue weighted by Gasteiger charge is 2.40. The first-order valence-corrected chi connectivity index (χ1v) is 11.5. The van der Waals surface area contributed by atoms with Crippen LogP contribution in [0.15, 0.2) is 89.5 Å². The minimum absolute atomic E-state index is 0.0795. The molecule has 0 bridgehead atoms. The van der Waals surface area contributed by atoms with Crippen molar-refractivity contribution in [1.82, 2.24) is 0 Å². The standard InChI is InChI=1S/C27H23N3O2S/c1-18-8-12-20(13-9-18)16-24-26(32)30(22-6-4-3-5-7-22)27(33-24)23(17-28)25(31)29-21-14-10-19(2)11-15-21/h3-15,24H,16H2,1-2H3,(H,29,31)/b27-23-/t24-/m1/s1. The molecule has 0 saturated carbocycles. The monoisotopic (exact) mass is 453 g/mol. The molecule has 3 aromatic rings. The lowest BCUT2D eigenvalue weighted by Crippen LogP contribution is -2.30. The molecule has 1 heterocycles. The lowest BCUT2D eigenvalue weighted by molar-refractivity contribution is -0.117. The first kappa shape index (κ1) is 22.4. The predicted molar refractivity (Wildman–Crippen MR) is 133 cm³/mol. The molecule has 164 valence electrons. The number of nitriles is 1. The molecule has 3 aromatic carbocycles. The van der Waals surface area contributed by atoms with Crippen LogP contribution in [0.5, 0.6) is 0 Å². The Kier molecular flexibility index (Phi) is 6.62. The van der Waals surface area contributed by atoms with Gasteiger partial charge in [-0.3, -0.25) is 14.5 Å². The maximum absolute atomic E-state index is 13.5. The fourth-order valence-electron chi connectivity index (χ4n) is 3.57. The van der Waals surface area contributed by atoms with Crippen LogP contribution in [0.4, 0.5) is 11.4 Å². The molecule has 0 radical (unpaired) electrons. The summed E-state index contributed by atoms with van der Waals surface area (Å²) >= 11 is 1.27. The molecular weight excluding hydrogens is 430 g/mol. The van der Waals surface area contributed by atoms with Crippen molar-refractivity contribution < 1.29 is 9.59 Å². The largest absolute Gasteiger partial charge is 0.321 e. The van der Waals surface area contributed by atoms with Crippen molar-refractivity contribution in [1.29, 1.82) is 5.26 Å². The van der Waals surface area contributed by atoms with Crippen LogP contribution in [0.25, 0.3) is 0 Å². The summed E-state index contributed by atoms with van der Waals surface area (Å²) in [6.45, 7) is 3.98. The van der Waals surface area contributed by atoms with Crippen molar-refractivity contribution >= 4 is 35.0 Å². The highest BCUT2D eigenvalue weighted by atomic mass is 32.2. The summed E-state index contributed by atoms with van der Waals surface area (Å²) < 4.78 is 0. The summed E-state index contributed by atoms with van der Waals surface area (Å²) in [5.74, 6) is -0.675. The molecule has 6 heteroatoms. The zero-order valence-corrected chi connectivity index (χ0v) is 19.2. The van der Waals surface area contributed by atoms with Crippen LogP contribution in [0.2, 0.25) is 0 Å². The number of para-hydroxylation sites is 1. The number of hydrogen-bond acceptors (Lipinski definition) is 4. The molecule has 5 nitrogen and oxygen atoms in total. The molecule has 2 amide bonds. The predicted octanol–water partition coefficient (Wildman–Crippen LogP) is 5.37. The van der Waals surface area contributed by atoms with Crippen molar-refractivity contribution in [3.05, 3.63) is 106 Å². The summed E-state index contributed by atoms with van der Waals surface area (Å²) in [7, 11) is 0. The van der Waals surface area contributed by atoms with Crippen LogP contribution in [-0.2, 0) is 16.0 Å². The van der Waals surface area contributed by atoms with Crippen molar-refractivity contribution in [2.45, 2.75) is 25.5 Å². The molecule has 1 fully saturated rings. The minimum Gasteiger partial charge on any atom is -0.321 e. The normalized spacial score (nSPS) is 16.9. The number of thioether (sulfide) groups is 1. The molecule has 0 aromatic heterocycles. The maximum Gasteiger partial charge on any atom is 0.269 e. The molecule has 1 atom stereocenters. The van der Waals surface area contributed by atoms with E-state index >= 15 is 0 Å². The third-order valence-corrected chi connectivity index (χ3v) is 6.63. The smallest absolute Gasteiger partial charge is 0.269 e. The number of hydrogen-bond donors (Lipinski definition) is 1. The van der Waals surface area contributed by atoms with E-state index in [1.54, 1.807) is 24.3 Å². The van der Waals surface area contributed by atoms with Gasteiger partial charge in [-0.1, -0.05) is 77.5 Å². The van der Waals surface area contributed by atoms with E-state index in [2.05, 4.69) is 5.32 Å². The number of rotatable bonds is 5. The van der Waals surface area contributed by atoms with Gasteiger partial charge in [0.2, 0.25) is 5.91 Å². The number of anilines is 2. The molecule has 1 aliphatic rings. The second kappa shape index (κ2) is 9.76. The quantitative estimate of drug-likeness (QED) is 0.416. The van der Waals surface area contributed by atoms with E-state index in [0.717, 1.165) is 16.7 Å². The van der Waals surface area contributed by atoms with E-state index in [1.165, 1.54) is 16.7 Å². The molecule has 1 N–H and O–H groups in total. The Morgan fingerprint density at radius 1 is 0.970 bits per heavy atom. The van der Waals surface area contributed by atoms with Crippen LogP contribution in [0, 0.1) is 25.2 Å². The average molecular weight is 454 g/mol. The Morgan fingerprint density at radius 2 is 1.58 bits per heavy atom. The lowest BCUT2D eigenvalue weighted by atomic mass is 10.1. The summed E-state index contributed by atoms with van der Waals surface area (Å²) in [6.07, 6.45) is 0.509. The summed E-state index contributed by atoms with van der Waals surface area (Å²) in [4.78, 5) is 28.0. The maximum atomic E-state index is 13.5. The molecule has 1 saturated heterocycles. The van der Waals surface area contributed by atoms with Crippen LogP contribution < -0.4 is 10.2 Å². The number of amides is 2. The van der Waals surface area contributed by atoms with Gasteiger partial charge in [0.1, 0.15) is 16.7 Å². The van der Waals surface area contributed by atoms with Crippen molar-refractivity contribution in [3.63, 3.8) is 0 Å². The topological polar surface area (TPSA) is 73.2 Å². The van der Waals surface area contributed by atoms with Crippen molar-refractivity contribution in [2.75, 3.05) is 10.2 Å². The average Bonchev–Trinajstić information content (AvgIpc) is 3.13. The Bertz CT molecular complexity index is 1240. The van der Waals surface area contributed by atoms with Gasteiger partial charge in [0.25, 0.3) is 5.91 Å². The molecule has 0 unspecified atom stereocenters. The van der Waals surface area contributed by atoms with E-state index in [4.69, 9.17) is 0 Å². The number of carbonyl (C=O) groups is 2. The molecule has 0 aliphatic carbocycles. The van der Waals surface area contributed by atoms with Crippen LogP contribution in [0.1, 0.15) is 16.7 Å². The fraction of sp³-hybridized carbons (Fsp3) is 0.148. The van der Waals surface area contributed by atoms with Gasteiger partial charge in [-0.2, -0.15) is 5.26 Å². The van der Waals surface area contributed by atoms with Crippen LogP contribution in [0.3, 0.4) is 0 Å². The van der Waals surface area contributed by atoms with Crippen molar-refractivity contribution in [2.24, 2.45) is 0 Å². The van der Waals surface area contributed by atoms with Gasteiger partial charge >= 0.3 is 0 Å². The Balaban J connectivity index is 1.70. The summed E-state index contributed by atoms with van der Waals surface area (Å²) in [6, 6.07) is 26.6. The molecule has 4 rings (SSSR count). The van der Waals surface area contributed by atoms with Crippen LogP contribution >= 0.6 is 11.8 Å². The Morgan fingerprint density at radius 3 is 2.18 bits per heavy atom. The number of aryl methyl sites for hydroxylation is 2. The van der Waals surface area contributed by atoms with E-state index in [0.29, 0.717) is 22.8 Å². The van der Waals surface area contributed by atoms with Gasteiger partial charge in [0, 0.05) is 11.4 Å². The van der Waals surface area contributed by atoms with E-state index < -0.39 is 11.2 Å². The molecule has 1 aliphatic heterocycles. The van der Waals surface area contributed by atoms with Gasteiger partial charge in [0.15, 0.2) is 0 Å². The molecule has 33 heavy (non-hydrogen) atoms. The van der Waals surface area contributed by atoms with E-state index in [1.807, 2.05) is 74.5 Å². The van der Waals surface area contributed by atoms with Crippen molar-refractivity contribution in [3.8, 4) is 6.07 Å². The molecular formula is C27H23N3O2S. The first-order chi connectivity index (χ1) is 16.0. The second-order valence-electron chi connectivity index (χ2n) is 7.92. The Labute approximate surface area is 197 Å². The second-order valence-corrected chi connectivity index (χ2v) is 9.11. The highest BCUT2D eigenvalue weighted by Crippen LogP contribution is 2.42. The highest BCUT2D eigenvalue weighted by molar-refractivity contribution is 8.05. The third-order valence-electron chi connectivity index (χ3n) is 5.37. The van der Waals surface area contributed by atoms with Gasteiger partial charge in [-0.15, -0.1) is 0 Å². The summed E-state index contributed by atoms with van der Waals surface area (Å²) in [5, 5.41) is 12.6. The zero-order valence-electron chi connectivity index (χ0n) is 18.4. The Hall–Kier alpha value is -3.82. The molecule has 0 spiro atoms. The SMILES string of the molecule is Cc1ccc(C[C@H]2S/C(=C(/C#N)C(=O)Nc3ccc(C)cc3)N(c3ccccc3)C2=O)cc1. The van der Waals surface area contributed by atoms with E-state index in [-0.39, 0.29) is 11.5 Å². The summed E-state index contributed by atoms with van der Waals surface area (Å²) in [5.41, 5.74) is 4.39. The van der Waals surface area contributed by atoms with E-state index in [9.17, 15) is 14.9 Å².